The topological polar surface area (TPSA) is 102 Å². The van der Waals surface area contributed by atoms with Gasteiger partial charge in [-0.1, -0.05) is 18.1 Å². The van der Waals surface area contributed by atoms with E-state index in [9.17, 15) is 14.3 Å². The normalized spacial score (nSPS) is 21.9. The lowest BCUT2D eigenvalue weighted by molar-refractivity contribution is 0.0810. The number of benzene rings is 1. The molecule has 2 aliphatic rings. The highest BCUT2D eigenvalue weighted by molar-refractivity contribution is 5.84. The van der Waals surface area contributed by atoms with Crippen molar-refractivity contribution in [3.05, 3.63) is 46.6 Å². The van der Waals surface area contributed by atoms with Crippen molar-refractivity contribution < 1.29 is 14.0 Å². The molecule has 2 atom stereocenters. The summed E-state index contributed by atoms with van der Waals surface area (Å²) in [5.41, 5.74) is 1.10. The fourth-order valence-electron chi connectivity index (χ4n) is 4.84. The molecule has 0 bridgehead atoms. The van der Waals surface area contributed by atoms with Gasteiger partial charge in [0.1, 0.15) is 28.9 Å². The lowest BCUT2D eigenvalue weighted by Gasteiger charge is -2.29. The standard InChI is InChI=1S/C23H25FN6O3/c1-13-11-15(13)22-26-21(27-33-22)18-20-23(32)29(10-9-28-7-5-14(31)6-8-28)19-16(24)3-2-4-17(19)30(20)12-25-18/h2-4,12-15,31H,5-11H2,1H3. The summed E-state index contributed by atoms with van der Waals surface area (Å²) in [6.07, 6.45) is 3.66. The average Bonchev–Trinajstić information content (AvgIpc) is 3.19. The molecular weight excluding hydrogens is 427 g/mol. The van der Waals surface area contributed by atoms with Gasteiger partial charge in [-0.3, -0.25) is 9.20 Å². The molecule has 1 saturated heterocycles. The molecule has 2 unspecified atom stereocenters. The van der Waals surface area contributed by atoms with Crippen LogP contribution in [-0.2, 0) is 6.54 Å². The zero-order chi connectivity index (χ0) is 22.7. The van der Waals surface area contributed by atoms with Gasteiger partial charge in [0.2, 0.25) is 11.7 Å². The Bertz CT molecular complexity index is 1400. The summed E-state index contributed by atoms with van der Waals surface area (Å²) in [5.74, 6) is 1.15. The van der Waals surface area contributed by atoms with Crippen LogP contribution < -0.4 is 5.56 Å². The molecule has 9 nitrogen and oxygen atoms in total. The van der Waals surface area contributed by atoms with E-state index in [0.29, 0.717) is 54.5 Å². The van der Waals surface area contributed by atoms with Crippen LogP contribution in [0.1, 0.15) is 38.0 Å². The third kappa shape index (κ3) is 3.44. The summed E-state index contributed by atoms with van der Waals surface area (Å²) >= 11 is 0. The molecule has 10 heteroatoms. The number of imidazole rings is 1. The predicted molar refractivity (Wildman–Crippen MR) is 118 cm³/mol. The number of para-hydroxylation sites is 1. The Morgan fingerprint density at radius 2 is 2.00 bits per heavy atom. The molecule has 3 aromatic heterocycles. The second kappa shape index (κ2) is 7.74. The number of aromatic nitrogens is 5. The fourth-order valence-corrected chi connectivity index (χ4v) is 4.84. The Morgan fingerprint density at radius 3 is 2.76 bits per heavy atom. The van der Waals surface area contributed by atoms with E-state index in [2.05, 4.69) is 26.9 Å². The van der Waals surface area contributed by atoms with Gasteiger partial charge in [-0.05, 0) is 37.3 Å². The highest BCUT2D eigenvalue weighted by Crippen LogP contribution is 2.46. The van der Waals surface area contributed by atoms with Crippen LogP contribution >= 0.6 is 0 Å². The summed E-state index contributed by atoms with van der Waals surface area (Å²) in [5, 5.41) is 13.8. The Morgan fingerprint density at radius 1 is 1.21 bits per heavy atom. The van der Waals surface area contributed by atoms with Crippen LogP contribution in [-0.4, -0.2) is 59.8 Å². The van der Waals surface area contributed by atoms with E-state index in [1.165, 1.54) is 17.0 Å². The van der Waals surface area contributed by atoms with Crippen molar-refractivity contribution in [2.75, 3.05) is 19.6 Å². The van der Waals surface area contributed by atoms with E-state index >= 15 is 0 Å². The van der Waals surface area contributed by atoms with Crippen molar-refractivity contribution in [2.24, 2.45) is 5.92 Å². The summed E-state index contributed by atoms with van der Waals surface area (Å²) in [6, 6.07) is 4.76. The SMILES string of the molecule is CC1CC1c1nc(-c2ncn3c2c(=O)n(CCN2CCC(O)CC2)c2c(F)cccc23)no1. The lowest BCUT2D eigenvalue weighted by Crippen LogP contribution is -2.39. The molecule has 6 rings (SSSR count). The summed E-state index contributed by atoms with van der Waals surface area (Å²) in [6.45, 7) is 4.54. The number of hydrogen-bond acceptors (Lipinski definition) is 7. The van der Waals surface area contributed by atoms with E-state index in [1.807, 2.05) is 0 Å². The number of rotatable bonds is 5. The van der Waals surface area contributed by atoms with E-state index < -0.39 is 5.82 Å². The minimum Gasteiger partial charge on any atom is -0.393 e. The van der Waals surface area contributed by atoms with Crippen LogP contribution in [0.3, 0.4) is 0 Å². The van der Waals surface area contributed by atoms with Crippen LogP contribution in [0, 0.1) is 11.7 Å². The number of fused-ring (bicyclic) bond motifs is 3. The number of nitrogens with zero attached hydrogens (tertiary/aromatic N) is 6. The smallest absolute Gasteiger partial charge is 0.277 e. The van der Waals surface area contributed by atoms with Gasteiger partial charge in [0, 0.05) is 32.1 Å². The van der Waals surface area contributed by atoms with Gasteiger partial charge < -0.3 is 19.1 Å². The first-order valence-corrected chi connectivity index (χ1v) is 11.4. The molecule has 0 radical (unpaired) electrons. The molecule has 2 fully saturated rings. The second-order valence-electron chi connectivity index (χ2n) is 9.22. The number of aliphatic hydroxyl groups is 1. The highest BCUT2D eigenvalue weighted by atomic mass is 19.1. The van der Waals surface area contributed by atoms with Crippen LogP contribution in [0.2, 0.25) is 0 Å². The van der Waals surface area contributed by atoms with Gasteiger partial charge in [-0.25, -0.2) is 9.37 Å². The molecule has 1 aliphatic heterocycles. The van der Waals surface area contributed by atoms with Crippen molar-refractivity contribution in [1.82, 2.24) is 29.0 Å². The van der Waals surface area contributed by atoms with Gasteiger partial charge in [0.15, 0.2) is 0 Å². The van der Waals surface area contributed by atoms with Crippen LogP contribution in [0.15, 0.2) is 33.8 Å². The number of piperidine rings is 1. The Labute approximate surface area is 188 Å². The minimum atomic E-state index is -0.458. The molecule has 172 valence electrons. The van der Waals surface area contributed by atoms with E-state index in [-0.39, 0.29) is 28.9 Å². The van der Waals surface area contributed by atoms with Gasteiger partial charge in [0.25, 0.3) is 5.56 Å². The first-order chi connectivity index (χ1) is 16.0. The lowest BCUT2D eigenvalue weighted by atomic mass is 10.1. The highest BCUT2D eigenvalue weighted by Gasteiger charge is 2.39. The maximum Gasteiger partial charge on any atom is 0.277 e. The van der Waals surface area contributed by atoms with Crippen molar-refractivity contribution in [1.29, 1.82) is 0 Å². The van der Waals surface area contributed by atoms with Gasteiger partial charge in [-0.2, -0.15) is 4.98 Å². The summed E-state index contributed by atoms with van der Waals surface area (Å²) in [7, 11) is 0. The predicted octanol–water partition coefficient (Wildman–Crippen LogP) is 2.42. The second-order valence-corrected chi connectivity index (χ2v) is 9.22. The van der Waals surface area contributed by atoms with E-state index in [4.69, 9.17) is 4.52 Å². The molecule has 1 aliphatic carbocycles. The van der Waals surface area contributed by atoms with Crippen molar-refractivity contribution in [3.63, 3.8) is 0 Å². The number of likely N-dealkylation sites (tertiary alicyclic amines) is 1. The maximum atomic E-state index is 15.0. The third-order valence-corrected chi connectivity index (χ3v) is 6.99. The number of hydrogen-bond donors (Lipinski definition) is 1. The zero-order valence-electron chi connectivity index (χ0n) is 18.3. The van der Waals surface area contributed by atoms with Crippen molar-refractivity contribution in [3.8, 4) is 11.5 Å². The van der Waals surface area contributed by atoms with Crippen molar-refractivity contribution in [2.45, 2.75) is 44.8 Å². The van der Waals surface area contributed by atoms with Crippen LogP contribution in [0.25, 0.3) is 28.1 Å². The third-order valence-electron chi connectivity index (χ3n) is 6.99. The van der Waals surface area contributed by atoms with Gasteiger partial charge in [0.05, 0.1) is 11.6 Å². The minimum absolute atomic E-state index is 0.247. The number of halogens is 1. The molecular formula is C23H25FN6O3. The quantitative estimate of drug-likeness (QED) is 0.496. The van der Waals surface area contributed by atoms with E-state index in [0.717, 1.165) is 19.5 Å². The summed E-state index contributed by atoms with van der Waals surface area (Å²) < 4.78 is 23.5. The molecule has 1 N–H and O–H groups in total. The van der Waals surface area contributed by atoms with Crippen LogP contribution in [0.4, 0.5) is 4.39 Å². The van der Waals surface area contributed by atoms with E-state index in [1.54, 1.807) is 16.5 Å². The first-order valence-electron chi connectivity index (χ1n) is 11.4. The fraction of sp³-hybridized carbons (Fsp3) is 0.478. The Balaban J connectivity index is 1.45. The largest absolute Gasteiger partial charge is 0.393 e. The van der Waals surface area contributed by atoms with Crippen LogP contribution in [0.5, 0.6) is 0 Å². The van der Waals surface area contributed by atoms with Gasteiger partial charge >= 0.3 is 0 Å². The van der Waals surface area contributed by atoms with Gasteiger partial charge in [-0.15, -0.1) is 0 Å². The molecule has 0 spiro atoms. The molecule has 1 aromatic carbocycles. The Hall–Kier alpha value is -3.11. The molecule has 1 saturated carbocycles. The zero-order valence-corrected chi connectivity index (χ0v) is 18.3. The number of aliphatic hydroxyl groups excluding tert-OH is 1. The summed E-state index contributed by atoms with van der Waals surface area (Å²) in [4.78, 5) is 24.8. The molecule has 4 heterocycles. The first kappa shape index (κ1) is 20.5. The molecule has 4 aromatic rings. The molecule has 0 amide bonds. The Kier molecular flexibility index (Phi) is 4.81. The maximum absolute atomic E-state index is 15.0. The average molecular weight is 452 g/mol. The van der Waals surface area contributed by atoms with Crippen molar-refractivity contribution >= 4 is 16.6 Å². The monoisotopic (exact) mass is 452 g/mol. The molecule has 33 heavy (non-hydrogen) atoms.